The molecule has 0 amide bonds. The minimum absolute atomic E-state index is 0.0414. The molecule has 2 heterocycles. The number of aromatic nitrogens is 1. The van der Waals surface area contributed by atoms with E-state index in [0.29, 0.717) is 12.0 Å². The van der Waals surface area contributed by atoms with E-state index in [0.717, 1.165) is 30.3 Å². The maximum absolute atomic E-state index is 6.74. The van der Waals surface area contributed by atoms with Crippen molar-refractivity contribution in [3.05, 3.63) is 16.1 Å². The van der Waals surface area contributed by atoms with E-state index < -0.39 is 0 Å². The molecule has 3 rings (SSSR count). The van der Waals surface area contributed by atoms with Gasteiger partial charge < -0.3 is 15.8 Å². The van der Waals surface area contributed by atoms with Gasteiger partial charge in [0.25, 0.3) is 0 Å². The van der Waals surface area contributed by atoms with Crippen LogP contribution in [-0.2, 0) is 4.74 Å². The second-order valence-corrected chi connectivity index (χ2v) is 7.77. The summed E-state index contributed by atoms with van der Waals surface area (Å²) in [5.41, 5.74) is 7.70. The second-order valence-electron chi connectivity index (χ2n) is 6.88. The van der Waals surface area contributed by atoms with Gasteiger partial charge in [-0.1, -0.05) is 13.8 Å². The van der Waals surface area contributed by atoms with Crippen molar-refractivity contribution in [2.45, 2.75) is 51.8 Å². The number of nitrogens with zero attached hydrogens (tertiary/aromatic N) is 1. The van der Waals surface area contributed by atoms with Crippen molar-refractivity contribution < 1.29 is 4.74 Å². The van der Waals surface area contributed by atoms with Crippen LogP contribution in [0.5, 0.6) is 0 Å². The summed E-state index contributed by atoms with van der Waals surface area (Å²) in [6, 6.07) is 0.256. The van der Waals surface area contributed by atoms with Gasteiger partial charge in [-0.15, -0.1) is 11.3 Å². The van der Waals surface area contributed by atoms with Gasteiger partial charge in [-0.25, -0.2) is 4.98 Å². The maximum atomic E-state index is 6.74. The van der Waals surface area contributed by atoms with E-state index in [2.05, 4.69) is 36.5 Å². The lowest BCUT2D eigenvalue weighted by Crippen LogP contribution is -2.78. The quantitative estimate of drug-likeness (QED) is 0.894. The molecule has 4 unspecified atom stereocenters. The average Bonchev–Trinajstić information content (AvgIpc) is 3.03. The second kappa shape index (κ2) is 4.77. The Morgan fingerprint density at radius 2 is 2.35 bits per heavy atom. The zero-order valence-corrected chi connectivity index (χ0v) is 13.6. The molecule has 1 saturated heterocycles. The summed E-state index contributed by atoms with van der Waals surface area (Å²) >= 11 is 1.71. The number of aryl methyl sites for hydroxylation is 1. The highest BCUT2D eigenvalue weighted by Crippen LogP contribution is 2.57. The van der Waals surface area contributed by atoms with Crippen molar-refractivity contribution in [3.63, 3.8) is 0 Å². The van der Waals surface area contributed by atoms with Crippen LogP contribution in [0.15, 0.2) is 5.38 Å². The van der Waals surface area contributed by atoms with Crippen LogP contribution in [-0.4, -0.2) is 29.8 Å². The predicted octanol–water partition coefficient (Wildman–Crippen LogP) is 2.24. The van der Waals surface area contributed by atoms with E-state index >= 15 is 0 Å². The Hall–Kier alpha value is -0.490. The van der Waals surface area contributed by atoms with Crippen molar-refractivity contribution in [2.75, 3.05) is 13.2 Å². The molecule has 3 N–H and O–H groups in total. The number of fused-ring (bicyclic) bond motifs is 1. The molecule has 1 saturated carbocycles. The summed E-state index contributed by atoms with van der Waals surface area (Å²) in [6.45, 7) is 10.4. The van der Waals surface area contributed by atoms with Crippen LogP contribution in [0.25, 0.3) is 0 Å². The molecule has 1 aromatic rings. The third kappa shape index (κ3) is 1.95. The normalized spacial score (nSPS) is 36.5. The van der Waals surface area contributed by atoms with Crippen LogP contribution in [0.3, 0.4) is 0 Å². The fraction of sp³-hybridized carbons (Fsp3) is 0.800. The number of thiazole rings is 1. The van der Waals surface area contributed by atoms with E-state index in [1.165, 1.54) is 0 Å². The molecule has 20 heavy (non-hydrogen) atoms. The van der Waals surface area contributed by atoms with Crippen molar-refractivity contribution in [3.8, 4) is 0 Å². The minimum atomic E-state index is -0.172. The Balaban J connectivity index is 1.66. The van der Waals surface area contributed by atoms with E-state index in [1.54, 1.807) is 11.3 Å². The first-order valence-electron chi connectivity index (χ1n) is 7.42. The maximum Gasteiger partial charge on any atom is 0.110 e. The molecule has 1 aliphatic heterocycles. The standard InChI is InChI=1S/C15H25N3OS/c1-9-7-20-13(18-9)10(2)17-8-15(16)11-5-6-19-12(11)14(15,3)4/h7,10-12,17H,5-6,8,16H2,1-4H3. The molecule has 0 spiro atoms. The first kappa shape index (κ1) is 14.4. The van der Waals surface area contributed by atoms with E-state index in [-0.39, 0.29) is 17.0 Å². The number of hydrogen-bond acceptors (Lipinski definition) is 5. The molecular formula is C15H25N3OS. The topological polar surface area (TPSA) is 60.2 Å². The Morgan fingerprint density at radius 1 is 1.60 bits per heavy atom. The molecule has 2 aliphatic rings. The summed E-state index contributed by atoms with van der Waals surface area (Å²) in [7, 11) is 0. The van der Waals surface area contributed by atoms with Gasteiger partial charge in [0, 0.05) is 41.1 Å². The highest BCUT2D eigenvalue weighted by molar-refractivity contribution is 7.09. The van der Waals surface area contributed by atoms with Crippen LogP contribution in [0.4, 0.5) is 0 Å². The van der Waals surface area contributed by atoms with E-state index in [9.17, 15) is 0 Å². The van der Waals surface area contributed by atoms with Gasteiger partial charge in [0.2, 0.25) is 0 Å². The first-order chi connectivity index (χ1) is 9.36. The van der Waals surface area contributed by atoms with Crippen LogP contribution in [0.2, 0.25) is 0 Å². The summed E-state index contributed by atoms with van der Waals surface area (Å²) in [5, 5.41) is 6.83. The van der Waals surface area contributed by atoms with Gasteiger partial charge >= 0.3 is 0 Å². The molecule has 0 aromatic carbocycles. The predicted molar refractivity (Wildman–Crippen MR) is 81.8 cm³/mol. The lowest BCUT2D eigenvalue weighted by Gasteiger charge is -2.62. The molecule has 4 atom stereocenters. The highest BCUT2D eigenvalue weighted by atomic mass is 32.1. The first-order valence-corrected chi connectivity index (χ1v) is 8.30. The van der Waals surface area contributed by atoms with E-state index in [1.807, 2.05) is 6.92 Å². The van der Waals surface area contributed by atoms with Gasteiger partial charge in [0.15, 0.2) is 0 Å². The van der Waals surface area contributed by atoms with Crippen LogP contribution < -0.4 is 11.1 Å². The number of nitrogens with one attached hydrogen (secondary N) is 1. The molecule has 1 aliphatic carbocycles. The lowest BCUT2D eigenvalue weighted by atomic mass is 9.48. The van der Waals surface area contributed by atoms with Gasteiger partial charge in [-0.3, -0.25) is 0 Å². The third-order valence-electron chi connectivity index (χ3n) is 5.37. The Kier molecular flexibility index (Phi) is 3.44. The fourth-order valence-electron chi connectivity index (χ4n) is 3.81. The van der Waals surface area contributed by atoms with Gasteiger partial charge in [0.1, 0.15) is 5.01 Å². The fourth-order valence-corrected chi connectivity index (χ4v) is 4.64. The minimum Gasteiger partial charge on any atom is -0.377 e. The molecule has 4 nitrogen and oxygen atoms in total. The molecular weight excluding hydrogens is 270 g/mol. The molecule has 5 heteroatoms. The average molecular weight is 295 g/mol. The van der Waals surface area contributed by atoms with Gasteiger partial charge in [-0.05, 0) is 20.3 Å². The lowest BCUT2D eigenvalue weighted by molar-refractivity contribution is -0.154. The molecule has 0 radical (unpaired) electrons. The number of ether oxygens (including phenoxy) is 1. The van der Waals surface area contributed by atoms with Gasteiger partial charge in [0.05, 0.1) is 12.1 Å². The van der Waals surface area contributed by atoms with Crippen LogP contribution in [0.1, 0.15) is 43.9 Å². The molecule has 112 valence electrons. The smallest absolute Gasteiger partial charge is 0.110 e. The van der Waals surface area contributed by atoms with Crippen molar-refractivity contribution in [1.29, 1.82) is 0 Å². The number of nitrogens with two attached hydrogens (primary N) is 1. The molecule has 2 fully saturated rings. The SMILES string of the molecule is Cc1csc(C(C)NCC2(N)C3CCOC3C2(C)C)n1. The zero-order chi connectivity index (χ0) is 14.5. The summed E-state index contributed by atoms with van der Waals surface area (Å²) in [4.78, 5) is 4.55. The van der Waals surface area contributed by atoms with Crippen LogP contribution >= 0.6 is 11.3 Å². The largest absolute Gasteiger partial charge is 0.377 e. The van der Waals surface area contributed by atoms with Gasteiger partial charge in [-0.2, -0.15) is 0 Å². The molecule has 1 aromatic heterocycles. The zero-order valence-electron chi connectivity index (χ0n) is 12.8. The number of rotatable bonds is 4. The summed E-state index contributed by atoms with van der Waals surface area (Å²) in [5.74, 6) is 0.496. The third-order valence-corrected chi connectivity index (χ3v) is 6.52. The van der Waals surface area contributed by atoms with E-state index in [4.69, 9.17) is 10.5 Å². The monoisotopic (exact) mass is 295 g/mol. The summed E-state index contributed by atoms with van der Waals surface area (Å²) < 4.78 is 5.84. The Bertz CT molecular complexity index is 501. The van der Waals surface area contributed by atoms with Crippen molar-refractivity contribution >= 4 is 11.3 Å². The Labute approximate surface area is 125 Å². The number of hydrogen-bond donors (Lipinski definition) is 2. The van der Waals surface area contributed by atoms with Crippen molar-refractivity contribution in [1.82, 2.24) is 10.3 Å². The molecule has 0 bridgehead atoms. The Morgan fingerprint density at radius 3 is 3.00 bits per heavy atom. The summed E-state index contributed by atoms with van der Waals surface area (Å²) in [6.07, 6.45) is 1.43. The van der Waals surface area contributed by atoms with Crippen molar-refractivity contribution in [2.24, 2.45) is 17.1 Å². The highest BCUT2D eigenvalue weighted by Gasteiger charge is 2.67. The van der Waals surface area contributed by atoms with Crippen LogP contribution in [0, 0.1) is 18.3 Å².